The van der Waals surface area contributed by atoms with Crippen LogP contribution in [0.5, 0.6) is 5.75 Å². The second-order valence-electron chi connectivity index (χ2n) is 9.33. The molecule has 1 aromatic heterocycles. The van der Waals surface area contributed by atoms with Crippen molar-refractivity contribution in [3.8, 4) is 17.0 Å². The van der Waals surface area contributed by atoms with Gasteiger partial charge < -0.3 is 19.4 Å². The van der Waals surface area contributed by atoms with Gasteiger partial charge in [0.25, 0.3) is 0 Å². The highest BCUT2D eigenvalue weighted by Crippen LogP contribution is 2.31. The van der Waals surface area contributed by atoms with Crippen LogP contribution in [0.4, 0.5) is 5.82 Å². The Morgan fingerprint density at radius 2 is 1.64 bits per heavy atom. The van der Waals surface area contributed by atoms with E-state index in [4.69, 9.17) is 4.74 Å². The van der Waals surface area contributed by atoms with Gasteiger partial charge >= 0.3 is 0 Å². The van der Waals surface area contributed by atoms with Crippen molar-refractivity contribution in [1.29, 1.82) is 0 Å². The van der Waals surface area contributed by atoms with Gasteiger partial charge in [-0.25, -0.2) is 0 Å². The van der Waals surface area contributed by atoms with Crippen molar-refractivity contribution >= 4 is 17.6 Å². The quantitative estimate of drug-likeness (QED) is 0.488. The fraction of sp³-hybridized carbons (Fsp3) is 0.357. The monoisotopic (exact) mass is 485 g/mol. The summed E-state index contributed by atoms with van der Waals surface area (Å²) in [7, 11) is 1.64. The van der Waals surface area contributed by atoms with Crippen LogP contribution < -0.4 is 9.64 Å². The Morgan fingerprint density at radius 3 is 2.25 bits per heavy atom. The first-order chi connectivity index (χ1) is 17.6. The maximum Gasteiger partial charge on any atom is 0.242 e. The van der Waals surface area contributed by atoms with Gasteiger partial charge in [0, 0.05) is 44.2 Å². The number of amides is 2. The van der Waals surface area contributed by atoms with E-state index in [-0.39, 0.29) is 24.3 Å². The molecule has 0 bridgehead atoms. The molecule has 2 aliphatic rings. The summed E-state index contributed by atoms with van der Waals surface area (Å²) in [4.78, 5) is 31.7. The van der Waals surface area contributed by atoms with Crippen molar-refractivity contribution in [2.45, 2.75) is 19.4 Å². The third kappa shape index (κ3) is 5.64. The highest BCUT2D eigenvalue weighted by Gasteiger charge is 2.35. The molecule has 3 aromatic rings. The molecular weight excluding hydrogens is 454 g/mol. The Bertz CT molecular complexity index is 1170. The zero-order valence-corrected chi connectivity index (χ0v) is 20.5. The van der Waals surface area contributed by atoms with Crippen LogP contribution in [0.15, 0.2) is 66.7 Å². The van der Waals surface area contributed by atoms with Crippen molar-refractivity contribution in [1.82, 2.24) is 20.0 Å². The SMILES string of the molecule is COc1ccc(-c2ccc(N3CCN(C(=O)CN(Cc4ccccc4)C(=O)C4CC4)CC3)nn2)cc1. The molecule has 0 radical (unpaired) electrons. The van der Waals surface area contributed by atoms with Crippen LogP contribution in [0.1, 0.15) is 18.4 Å². The summed E-state index contributed by atoms with van der Waals surface area (Å²) in [5.74, 6) is 1.78. The molecule has 0 atom stereocenters. The number of methoxy groups -OCH3 is 1. The van der Waals surface area contributed by atoms with Crippen molar-refractivity contribution in [3.05, 3.63) is 72.3 Å². The molecule has 5 rings (SSSR count). The number of benzene rings is 2. The lowest BCUT2D eigenvalue weighted by atomic mass is 10.1. The molecule has 1 aliphatic heterocycles. The highest BCUT2D eigenvalue weighted by atomic mass is 16.5. The first-order valence-electron chi connectivity index (χ1n) is 12.4. The summed E-state index contributed by atoms with van der Waals surface area (Å²) >= 11 is 0. The first kappa shape index (κ1) is 23.8. The lowest BCUT2D eigenvalue weighted by Crippen LogP contribution is -2.52. The minimum Gasteiger partial charge on any atom is -0.497 e. The molecule has 1 aliphatic carbocycles. The molecule has 1 saturated heterocycles. The smallest absolute Gasteiger partial charge is 0.242 e. The van der Waals surface area contributed by atoms with Crippen LogP contribution in [0, 0.1) is 5.92 Å². The summed E-state index contributed by atoms with van der Waals surface area (Å²) in [6.45, 7) is 3.14. The van der Waals surface area contributed by atoms with E-state index < -0.39 is 0 Å². The van der Waals surface area contributed by atoms with Gasteiger partial charge in [0.05, 0.1) is 12.8 Å². The zero-order chi connectivity index (χ0) is 24.9. The van der Waals surface area contributed by atoms with Crippen molar-refractivity contribution in [2.24, 2.45) is 5.92 Å². The van der Waals surface area contributed by atoms with Gasteiger partial charge in [-0.2, -0.15) is 0 Å². The largest absolute Gasteiger partial charge is 0.497 e. The number of carbonyl (C=O) groups excluding carboxylic acids is 2. The van der Waals surface area contributed by atoms with E-state index in [2.05, 4.69) is 15.1 Å². The molecular formula is C28H31N5O3. The molecule has 36 heavy (non-hydrogen) atoms. The predicted octanol–water partition coefficient (Wildman–Crippen LogP) is 3.24. The normalized spacial score (nSPS) is 15.5. The van der Waals surface area contributed by atoms with Gasteiger partial charge in [-0.1, -0.05) is 30.3 Å². The Kier molecular flexibility index (Phi) is 7.11. The predicted molar refractivity (Wildman–Crippen MR) is 137 cm³/mol. The van der Waals surface area contributed by atoms with E-state index in [9.17, 15) is 9.59 Å². The molecule has 1 saturated carbocycles. The van der Waals surface area contributed by atoms with E-state index in [0.29, 0.717) is 32.7 Å². The van der Waals surface area contributed by atoms with Crippen LogP contribution in [0.2, 0.25) is 0 Å². The molecule has 2 amide bonds. The fourth-order valence-electron chi connectivity index (χ4n) is 4.46. The van der Waals surface area contributed by atoms with E-state index in [1.165, 1.54) is 0 Å². The minimum absolute atomic E-state index is 0.000481. The van der Waals surface area contributed by atoms with Crippen LogP contribution in [0.3, 0.4) is 0 Å². The standard InChI is InChI=1S/C28H31N5O3/c1-36-24-11-9-22(10-12-24)25-13-14-26(30-29-25)31-15-17-32(18-16-31)27(34)20-33(28(35)23-7-8-23)19-21-5-3-2-4-6-21/h2-6,9-14,23H,7-8,15-20H2,1H3. The van der Waals surface area contributed by atoms with Crippen LogP contribution in [0.25, 0.3) is 11.3 Å². The van der Waals surface area contributed by atoms with Gasteiger partial charge in [-0.15, -0.1) is 10.2 Å². The molecule has 0 spiro atoms. The van der Waals surface area contributed by atoms with E-state index >= 15 is 0 Å². The second kappa shape index (κ2) is 10.8. The number of hydrogen-bond donors (Lipinski definition) is 0. The Balaban J connectivity index is 1.16. The van der Waals surface area contributed by atoms with Gasteiger partial charge in [-0.3, -0.25) is 9.59 Å². The Labute approximate surface area is 211 Å². The molecule has 0 unspecified atom stereocenters. The number of carbonyl (C=O) groups is 2. The fourth-order valence-corrected chi connectivity index (χ4v) is 4.46. The Hall–Kier alpha value is -3.94. The Morgan fingerprint density at radius 1 is 0.917 bits per heavy atom. The van der Waals surface area contributed by atoms with Crippen LogP contribution in [-0.4, -0.2) is 71.6 Å². The van der Waals surface area contributed by atoms with Gasteiger partial charge in [0.15, 0.2) is 5.82 Å². The van der Waals surface area contributed by atoms with E-state index in [1.807, 2.05) is 71.6 Å². The average Bonchev–Trinajstić information content (AvgIpc) is 3.79. The molecule has 2 fully saturated rings. The third-order valence-corrected chi connectivity index (χ3v) is 6.77. The van der Waals surface area contributed by atoms with Crippen LogP contribution in [-0.2, 0) is 16.1 Å². The van der Waals surface area contributed by atoms with Crippen molar-refractivity contribution in [3.63, 3.8) is 0 Å². The highest BCUT2D eigenvalue weighted by molar-refractivity contribution is 5.87. The number of anilines is 1. The minimum atomic E-state index is 0.000481. The molecule has 2 heterocycles. The average molecular weight is 486 g/mol. The molecule has 0 N–H and O–H groups in total. The number of piperazine rings is 1. The topological polar surface area (TPSA) is 78.9 Å². The first-order valence-corrected chi connectivity index (χ1v) is 12.4. The summed E-state index contributed by atoms with van der Waals surface area (Å²) in [5, 5.41) is 8.82. The van der Waals surface area contributed by atoms with Gasteiger partial charge in [0.1, 0.15) is 12.3 Å². The van der Waals surface area contributed by atoms with Gasteiger partial charge in [0.2, 0.25) is 11.8 Å². The summed E-state index contributed by atoms with van der Waals surface area (Å²) in [5.41, 5.74) is 2.82. The number of rotatable bonds is 8. The molecule has 8 nitrogen and oxygen atoms in total. The van der Waals surface area contributed by atoms with Crippen molar-refractivity contribution < 1.29 is 14.3 Å². The molecule has 8 heteroatoms. The lowest BCUT2D eigenvalue weighted by Gasteiger charge is -2.36. The van der Waals surface area contributed by atoms with Gasteiger partial charge in [-0.05, 0) is 54.8 Å². The summed E-state index contributed by atoms with van der Waals surface area (Å²) in [6, 6.07) is 21.5. The van der Waals surface area contributed by atoms with E-state index in [1.54, 1.807) is 12.0 Å². The maximum absolute atomic E-state index is 13.1. The van der Waals surface area contributed by atoms with Crippen molar-refractivity contribution in [2.75, 3.05) is 44.7 Å². The maximum atomic E-state index is 13.1. The molecule has 186 valence electrons. The molecule has 2 aromatic carbocycles. The lowest BCUT2D eigenvalue weighted by molar-refractivity contribution is -0.142. The number of hydrogen-bond acceptors (Lipinski definition) is 6. The second-order valence-corrected chi connectivity index (χ2v) is 9.33. The third-order valence-electron chi connectivity index (χ3n) is 6.77. The number of ether oxygens (including phenoxy) is 1. The number of aromatic nitrogens is 2. The van der Waals surface area contributed by atoms with E-state index in [0.717, 1.165) is 41.2 Å². The zero-order valence-electron chi connectivity index (χ0n) is 20.5. The number of nitrogens with zero attached hydrogens (tertiary/aromatic N) is 5. The van der Waals surface area contributed by atoms with Crippen LogP contribution >= 0.6 is 0 Å². The summed E-state index contributed by atoms with van der Waals surface area (Å²) in [6.07, 6.45) is 1.85. The summed E-state index contributed by atoms with van der Waals surface area (Å²) < 4.78 is 5.21.